The van der Waals surface area contributed by atoms with Gasteiger partial charge in [0.15, 0.2) is 0 Å². The fourth-order valence-corrected chi connectivity index (χ4v) is 2.00. The van der Waals surface area contributed by atoms with Crippen molar-refractivity contribution in [3.8, 4) is 0 Å². The average molecular weight is 209 g/mol. The molecule has 0 spiro atoms. The molecule has 0 bridgehead atoms. The summed E-state index contributed by atoms with van der Waals surface area (Å²) in [5.74, 6) is -0.263. The highest BCUT2D eigenvalue weighted by atomic mass is 16.5. The monoisotopic (exact) mass is 209 g/mol. The maximum atomic E-state index is 11.5. The number of carbonyl (C=O) groups excluding carboxylic acids is 1. The number of H-pyrrole nitrogens is 1. The summed E-state index contributed by atoms with van der Waals surface area (Å²) in [5.41, 5.74) is 4.11. The van der Waals surface area contributed by atoms with Crippen molar-refractivity contribution in [2.45, 2.75) is 40.0 Å². The van der Waals surface area contributed by atoms with Crippen LogP contribution in [-0.4, -0.2) is 18.1 Å². The summed E-state index contributed by atoms with van der Waals surface area (Å²) in [6.07, 6.45) is 2.92. The molecule has 1 N–H and O–H groups in total. The first-order valence-electron chi connectivity index (χ1n) is 5.44. The fraction of sp³-hybridized carbons (Fsp3) is 0.583. The van der Waals surface area contributed by atoms with Gasteiger partial charge in [0.05, 0.1) is 7.11 Å². The maximum absolute atomic E-state index is 11.5. The molecule has 0 aromatic carbocycles. The topological polar surface area (TPSA) is 42.1 Å². The van der Waals surface area contributed by atoms with Gasteiger partial charge in [-0.2, -0.15) is 0 Å². The van der Waals surface area contributed by atoms with Gasteiger partial charge in [0.2, 0.25) is 0 Å². The molecule has 0 atom stereocenters. The van der Waals surface area contributed by atoms with E-state index < -0.39 is 0 Å². The molecule has 1 aromatic heterocycles. The Morgan fingerprint density at radius 1 is 1.33 bits per heavy atom. The number of aryl methyl sites for hydroxylation is 1. The molecule has 15 heavy (non-hydrogen) atoms. The second-order valence-electron chi connectivity index (χ2n) is 3.68. The molecule has 0 amide bonds. The van der Waals surface area contributed by atoms with E-state index in [0.717, 1.165) is 30.5 Å². The summed E-state index contributed by atoms with van der Waals surface area (Å²) in [6.45, 7) is 6.23. The largest absolute Gasteiger partial charge is 0.464 e. The second-order valence-corrected chi connectivity index (χ2v) is 3.68. The average Bonchev–Trinajstić information content (AvgIpc) is 2.54. The van der Waals surface area contributed by atoms with E-state index in [-0.39, 0.29) is 5.97 Å². The Morgan fingerprint density at radius 3 is 2.47 bits per heavy atom. The summed E-state index contributed by atoms with van der Waals surface area (Å²) in [5, 5.41) is 0. The van der Waals surface area contributed by atoms with Gasteiger partial charge in [-0.15, -0.1) is 0 Å². The van der Waals surface area contributed by atoms with E-state index in [1.807, 2.05) is 6.92 Å². The molecule has 1 heterocycles. The minimum absolute atomic E-state index is 0.263. The number of aromatic nitrogens is 1. The number of methoxy groups -OCH3 is 1. The summed E-state index contributed by atoms with van der Waals surface area (Å²) in [4.78, 5) is 14.7. The van der Waals surface area contributed by atoms with E-state index in [4.69, 9.17) is 4.74 Å². The molecule has 1 aromatic rings. The third-order valence-electron chi connectivity index (χ3n) is 2.67. The Bertz CT molecular complexity index is 353. The Kier molecular flexibility index (Phi) is 3.95. The molecular weight excluding hydrogens is 190 g/mol. The number of rotatable bonds is 4. The highest BCUT2D eigenvalue weighted by molar-refractivity contribution is 5.89. The standard InChI is InChI=1S/C12H19NO2/c1-5-7-10-9(6-2)8(3)13-11(10)12(14)15-4/h13H,5-7H2,1-4H3. The molecule has 0 saturated carbocycles. The van der Waals surface area contributed by atoms with Crippen LogP contribution < -0.4 is 0 Å². The number of nitrogens with one attached hydrogen (secondary N) is 1. The van der Waals surface area contributed by atoms with Gasteiger partial charge < -0.3 is 9.72 Å². The zero-order chi connectivity index (χ0) is 11.4. The second kappa shape index (κ2) is 5.01. The number of carbonyl (C=O) groups is 1. The van der Waals surface area contributed by atoms with Crippen molar-refractivity contribution in [2.24, 2.45) is 0 Å². The van der Waals surface area contributed by atoms with Gasteiger partial charge in [-0.1, -0.05) is 20.3 Å². The van der Waals surface area contributed by atoms with Crippen LogP contribution in [0.2, 0.25) is 0 Å². The number of hydrogen-bond acceptors (Lipinski definition) is 2. The van der Waals surface area contributed by atoms with E-state index in [1.165, 1.54) is 12.7 Å². The van der Waals surface area contributed by atoms with Gasteiger partial charge in [0.25, 0.3) is 0 Å². The van der Waals surface area contributed by atoms with Crippen LogP contribution in [0.3, 0.4) is 0 Å². The third kappa shape index (κ3) is 2.22. The Hall–Kier alpha value is -1.25. The first kappa shape index (κ1) is 11.8. The van der Waals surface area contributed by atoms with Gasteiger partial charge in [-0.3, -0.25) is 0 Å². The smallest absolute Gasteiger partial charge is 0.354 e. The predicted octanol–water partition coefficient (Wildman–Crippen LogP) is 2.62. The molecule has 1 rings (SSSR count). The van der Waals surface area contributed by atoms with Crippen molar-refractivity contribution in [1.82, 2.24) is 4.98 Å². The van der Waals surface area contributed by atoms with Crippen LogP contribution >= 0.6 is 0 Å². The Balaban J connectivity index is 3.20. The minimum Gasteiger partial charge on any atom is -0.464 e. The normalized spacial score (nSPS) is 10.4. The van der Waals surface area contributed by atoms with E-state index in [0.29, 0.717) is 5.69 Å². The lowest BCUT2D eigenvalue weighted by Crippen LogP contribution is -2.05. The number of esters is 1. The molecule has 0 fully saturated rings. The lowest BCUT2D eigenvalue weighted by molar-refractivity contribution is 0.0593. The predicted molar refractivity (Wildman–Crippen MR) is 60.2 cm³/mol. The van der Waals surface area contributed by atoms with Crippen molar-refractivity contribution in [3.63, 3.8) is 0 Å². The zero-order valence-corrected chi connectivity index (χ0v) is 9.94. The summed E-state index contributed by atoms with van der Waals surface area (Å²) < 4.78 is 4.77. The lowest BCUT2D eigenvalue weighted by atomic mass is 10.0. The first-order valence-corrected chi connectivity index (χ1v) is 5.44. The summed E-state index contributed by atoms with van der Waals surface area (Å²) >= 11 is 0. The van der Waals surface area contributed by atoms with Gasteiger partial charge in [-0.05, 0) is 30.9 Å². The van der Waals surface area contributed by atoms with E-state index in [9.17, 15) is 4.79 Å². The number of ether oxygens (including phenoxy) is 1. The van der Waals surface area contributed by atoms with Crippen molar-refractivity contribution >= 4 is 5.97 Å². The molecule has 0 radical (unpaired) electrons. The third-order valence-corrected chi connectivity index (χ3v) is 2.67. The molecule has 0 aliphatic heterocycles. The highest BCUT2D eigenvalue weighted by Crippen LogP contribution is 2.21. The van der Waals surface area contributed by atoms with Crippen LogP contribution in [0.5, 0.6) is 0 Å². The zero-order valence-electron chi connectivity index (χ0n) is 9.94. The number of hydrogen-bond donors (Lipinski definition) is 1. The van der Waals surface area contributed by atoms with Crippen LogP contribution in [0.1, 0.15) is 47.6 Å². The molecule has 0 aliphatic rings. The summed E-state index contributed by atoms with van der Waals surface area (Å²) in [6, 6.07) is 0. The van der Waals surface area contributed by atoms with Crippen LogP contribution in [0.15, 0.2) is 0 Å². The van der Waals surface area contributed by atoms with Crippen molar-refractivity contribution in [2.75, 3.05) is 7.11 Å². The van der Waals surface area contributed by atoms with E-state index in [2.05, 4.69) is 18.8 Å². The van der Waals surface area contributed by atoms with Crippen molar-refractivity contribution in [1.29, 1.82) is 0 Å². The molecule has 0 saturated heterocycles. The molecule has 3 nitrogen and oxygen atoms in total. The van der Waals surface area contributed by atoms with Crippen LogP contribution in [0.25, 0.3) is 0 Å². The highest BCUT2D eigenvalue weighted by Gasteiger charge is 2.18. The molecule has 0 aliphatic carbocycles. The van der Waals surface area contributed by atoms with Gasteiger partial charge in [-0.25, -0.2) is 4.79 Å². The summed E-state index contributed by atoms with van der Waals surface area (Å²) in [7, 11) is 1.42. The first-order chi connectivity index (χ1) is 7.15. The number of aromatic amines is 1. The SMILES string of the molecule is CCCc1c(C(=O)OC)[nH]c(C)c1CC. The molecule has 3 heteroatoms. The van der Waals surface area contributed by atoms with Crippen molar-refractivity contribution < 1.29 is 9.53 Å². The maximum Gasteiger partial charge on any atom is 0.354 e. The molecule has 0 unspecified atom stereocenters. The minimum atomic E-state index is -0.263. The Labute approximate surface area is 90.8 Å². The van der Waals surface area contributed by atoms with E-state index in [1.54, 1.807) is 0 Å². The lowest BCUT2D eigenvalue weighted by Gasteiger charge is -2.03. The molecular formula is C12H19NO2. The molecule has 84 valence electrons. The fourth-order valence-electron chi connectivity index (χ4n) is 2.00. The van der Waals surface area contributed by atoms with Crippen LogP contribution in [0, 0.1) is 6.92 Å². The van der Waals surface area contributed by atoms with Crippen molar-refractivity contribution in [3.05, 3.63) is 22.5 Å². The van der Waals surface area contributed by atoms with Crippen LogP contribution in [-0.2, 0) is 17.6 Å². The Morgan fingerprint density at radius 2 is 2.00 bits per heavy atom. The van der Waals surface area contributed by atoms with Gasteiger partial charge in [0.1, 0.15) is 5.69 Å². The van der Waals surface area contributed by atoms with Gasteiger partial charge in [0, 0.05) is 5.69 Å². The van der Waals surface area contributed by atoms with Crippen LogP contribution in [0.4, 0.5) is 0 Å². The quantitative estimate of drug-likeness (QED) is 0.774. The van der Waals surface area contributed by atoms with Gasteiger partial charge >= 0.3 is 5.97 Å². The van der Waals surface area contributed by atoms with E-state index >= 15 is 0 Å².